The maximum atomic E-state index is 5.84. The smallest absolute Gasteiger partial charge is 0.107 e. The Hall–Kier alpha value is -1.20. The monoisotopic (exact) mass is 293 g/mol. The Labute approximate surface area is 126 Å². The van der Waals surface area contributed by atoms with Gasteiger partial charge in [0.2, 0.25) is 0 Å². The minimum Gasteiger partial charge on any atom is -0.389 e. The predicted molar refractivity (Wildman–Crippen MR) is 86.3 cm³/mol. The van der Waals surface area contributed by atoms with Crippen molar-refractivity contribution in [2.75, 3.05) is 18.5 Å². The molecule has 1 saturated carbocycles. The van der Waals surface area contributed by atoms with Crippen LogP contribution in [-0.2, 0) is 4.74 Å². The standard InChI is InChI=1S/C15H23N3OS/c1-10-9-13(14(15(16)20)11(2)18-10)17-7-8-19-12-5-3-4-6-12/h9,12H,3-8H2,1-2H3,(H2,16,20)(H,17,18). The average Bonchev–Trinajstić information content (AvgIpc) is 2.86. The van der Waals surface area contributed by atoms with E-state index >= 15 is 0 Å². The fourth-order valence-corrected chi connectivity index (χ4v) is 3.00. The second kappa shape index (κ2) is 6.99. The van der Waals surface area contributed by atoms with Crippen LogP contribution in [-0.4, -0.2) is 29.2 Å². The molecule has 1 aromatic rings. The van der Waals surface area contributed by atoms with Crippen LogP contribution in [0.5, 0.6) is 0 Å². The number of aryl methyl sites for hydroxylation is 2. The third kappa shape index (κ3) is 3.90. The van der Waals surface area contributed by atoms with E-state index in [9.17, 15) is 0 Å². The van der Waals surface area contributed by atoms with Gasteiger partial charge in [0.15, 0.2) is 0 Å². The van der Waals surface area contributed by atoms with E-state index < -0.39 is 0 Å². The van der Waals surface area contributed by atoms with Gasteiger partial charge in [0.05, 0.1) is 18.3 Å². The van der Waals surface area contributed by atoms with Gasteiger partial charge in [-0.05, 0) is 32.8 Å². The summed E-state index contributed by atoms with van der Waals surface area (Å²) in [5, 5.41) is 3.37. The lowest BCUT2D eigenvalue weighted by atomic mass is 10.1. The van der Waals surface area contributed by atoms with E-state index in [1.54, 1.807) is 0 Å². The Bertz CT molecular complexity index is 484. The molecule has 0 saturated heterocycles. The largest absolute Gasteiger partial charge is 0.389 e. The van der Waals surface area contributed by atoms with Crippen molar-refractivity contribution in [1.82, 2.24) is 4.98 Å². The van der Waals surface area contributed by atoms with Gasteiger partial charge < -0.3 is 15.8 Å². The minimum absolute atomic E-state index is 0.384. The van der Waals surface area contributed by atoms with Crippen LogP contribution in [0, 0.1) is 13.8 Å². The first-order chi connectivity index (χ1) is 9.58. The highest BCUT2D eigenvalue weighted by Crippen LogP contribution is 2.21. The van der Waals surface area contributed by atoms with Crippen molar-refractivity contribution in [3.05, 3.63) is 23.0 Å². The quantitative estimate of drug-likeness (QED) is 0.624. The van der Waals surface area contributed by atoms with E-state index in [0.29, 0.717) is 17.7 Å². The van der Waals surface area contributed by atoms with Crippen LogP contribution in [0.4, 0.5) is 5.69 Å². The number of nitrogens with one attached hydrogen (secondary N) is 1. The van der Waals surface area contributed by atoms with Crippen molar-refractivity contribution >= 4 is 22.9 Å². The maximum Gasteiger partial charge on any atom is 0.107 e. The summed E-state index contributed by atoms with van der Waals surface area (Å²) in [7, 11) is 0. The summed E-state index contributed by atoms with van der Waals surface area (Å²) in [5.41, 5.74) is 9.42. The molecule has 0 aliphatic heterocycles. The fourth-order valence-electron chi connectivity index (χ4n) is 2.75. The molecular formula is C15H23N3OS. The first kappa shape index (κ1) is 15.2. The van der Waals surface area contributed by atoms with Crippen LogP contribution in [0.2, 0.25) is 0 Å². The number of thiocarbonyl (C=S) groups is 1. The minimum atomic E-state index is 0.384. The molecule has 0 amide bonds. The number of rotatable bonds is 6. The van der Waals surface area contributed by atoms with Crippen LogP contribution >= 0.6 is 12.2 Å². The highest BCUT2D eigenvalue weighted by molar-refractivity contribution is 7.80. The average molecular weight is 293 g/mol. The lowest BCUT2D eigenvalue weighted by molar-refractivity contribution is 0.0659. The molecule has 2 rings (SSSR count). The molecule has 0 atom stereocenters. The Morgan fingerprint density at radius 2 is 2.15 bits per heavy atom. The molecule has 1 aliphatic rings. The van der Waals surface area contributed by atoms with E-state index in [0.717, 1.165) is 29.2 Å². The normalized spacial score (nSPS) is 15.5. The maximum absolute atomic E-state index is 5.84. The van der Waals surface area contributed by atoms with Crippen LogP contribution in [0.1, 0.15) is 42.6 Å². The van der Waals surface area contributed by atoms with E-state index in [1.165, 1.54) is 25.7 Å². The molecule has 20 heavy (non-hydrogen) atoms. The van der Waals surface area contributed by atoms with Crippen molar-refractivity contribution in [3.8, 4) is 0 Å². The molecule has 110 valence electrons. The first-order valence-electron chi connectivity index (χ1n) is 7.21. The van der Waals surface area contributed by atoms with Gasteiger partial charge in [-0.15, -0.1) is 0 Å². The molecule has 1 aromatic heterocycles. The second-order valence-electron chi connectivity index (χ2n) is 5.34. The fraction of sp³-hybridized carbons (Fsp3) is 0.600. The SMILES string of the molecule is Cc1cc(NCCOC2CCCC2)c(C(N)=S)c(C)n1. The Balaban J connectivity index is 1.92. The summed E-state index contributed by atoms with van der Waals surface area (Å²) in [6, 6.07) is 1.98. The number of hydrogen-bond donors (Lipinski definition) is 2. The summed E-state index contributed by atoms with van der Waals surface area (Å²) in [6.45, 7) is 5.37. The molecule has 0 radical (unpaired) electrons. The lowest BCUT2D eigenvalue weighted by Gasteiger charge is -2.16. The van der Waals surface area contributed by atoms with Crippen molar-refractivity contribution in [2.24, 2.45) is 5.73 Å². The van der Waals surface area contributed by atoms with E-state index in [4.69, 9.17) is 22.7 Å². The summed E-state index contributed by atoms with van der Waals surface area (Å²) in [6.07, 6.45) is 5.45. The van der Waals surface area contributed by atoms with Gasteiger partial charge in [-0.3, -0.25) is 4.98 Å². The number of hydrogen-bond acceptors (Lipinski definition) is 4. The highest BCUT2D eigenvalue weighted by Gasteiger charge is 2.15. The lowest BCUT2D eigenvalue weighted by Crippen LogP contribution is -2.19. The van der Waals surface area contributed by atoms with E-state index in [2.05, 4.69) is 10.3 Å². The number of nitrogens with zero attached hydrogens (tertiary/aromatic N) is 1. The van der Waals surface area contributed by atoms with E-state index in [1.807, 2.05) is 19.9 Å². The number of nitrogens with two attached hydrogens (primary N) is 1. The van der Waals surface area contributed by atoms with Gasteiger partial charge >= 0.3 is 0 Å². The van der Waals surface area contributed by atoms with Crippen molar-refractivity contribution < 1.29 is 4.74 Å². The van der Waals surface area contributed by atoms with Crippen LogP contribution in [0.15, 0.2) is 6.07 Å². The topological polar surface area (TPSA) is 60.2 Å². The summed E-state index contributed by atoms with van der Waals surface area (Å²) in [4.78, 5) is 4.79. The van der Waals surface area contributed by atoms with E-state index in [-0.39, 0.29) is 0 Å². The van der Waals surface area contributed by atoms with Gasteiger partial charge in [0, 0.05) is 23.6 Å². The van der Waals surface area contributed by atoms with Gasteiger partial charge in [-0.2, -0.15) is 0 Å². The Morgan fingerprint density at radius 3 is 2.80 bits per heavy atom. The molecule has 0 aromatic carbocycles. The molecule has 5 heteroatoms. The second-order valence-corrected chi connectivity index (χ2v) is 5.78. The molecule has 4 nitrogen and oxygen atoms in total. The molecule has 0 bridgehead atoms. The van der Waals surface area contributed by atoms with Gasteiger partial charge in [-0.1, -0.05) is 25.1 Å². The van der Waals surface area contributed by atoms with Crippen LogP contribution in [0.3, 0.4) is 0 Å². The molecule has 1 heterocycles. The van der Waals surface area contributed by atoms with Crippen molar-refractivity contribution in [3.63, 3.8) is 0 Å². The molecule has 3 N–H and O–H groups in total. The molecule has 0 unspecified atom stereocenters. The number of ether oxygens (including phenoxy) is 1. The number of pyridine rings is 1. The van der Waals surface area contributed by atoms with Gasteiger partial charge in [-0.25, -0.2) is 0 Å². The zero-order valence-corrected chi connectivity index (χ0v) is 13.1. The predicted octanol–water partition coefficient (Wildman–Crippen LogP) is 2.70. The third-order valence-electron chi connectivity index (χ3n) is 3.65. The molecule has 1 fully saturated rings. The van der Waals surface area contributed by atoms with Crippen LogP contribution < -0.4 is 11.1 Å². The number of aromatic nitrogens is 1. The van der Waals surface area contributed by atoms with Crippen molar-refractivity contribution in [2.45, 2.75) is 45.6 Å². The Kier molecular flexibility index (Phi) is 5.31. The van der Waals surface area contributed by atoms with Gasteiger partial charge in [0.1, 0.15) is 4.99 Å². The van der Waals surface area contributed by atoms with Crippen molar-refractivity contribution in [1.29, 1.82) is 0 Å². The molecule has 1 aliphatic carbocycles. The summed E-state index contributed by atoms with van der Waals surface area (Å²) >= 11 is 5.11. The number of anilines is 1. The Morgan fingerprint density at radius 1 is 1.45 bits per heavy atom. The molecular weight excluding hydrogens is 270 g/mol. The zero-order chi connectivity index (χ0) is 14.5. The highest BCUT2D eigenvalue weighted by atomic mass is 32.1. The third-order valence-corrected chi connectivity index (χ3v) is 3.85. The summed E-state index contributed by atoms with van der Waals surface area (Å²) < 4.78 is 5.84. The van der Waals surface area contributed by atoms with Crippen LogP contribution in [0.25, 0.3) is 0 Å². The first-order valence-corrected chi connectivity index (χ1v) is 7.62. The van der Waals surface area contributed by atoms with Gasteiger partial charge in [0.25, 0.3) is 0 Å². The molecule has 0 spiro atoms. The summed E-state index contributed by atoms with van der Waals surface area (Å²) in [5.74, 6) is 0. The zero-order valence-electron chi connectivity index (χ0n) is 12.2.